The first kappa shape index (κ1) is 12.4. The van der Waals surface area contributed by atoms with Crippen molar-refractivity contribution in [2.75, 3.05) is 11.4 Å². The highest BCUT2D eigenvalue weighted by Gasteiger charge is 2.32. The second kappa shape index (κ2) is 4.68. The molecule has 1 aromatic rings. The van der Waals surface area contributed by atoms with Crippen LogP contribution in [-0.4, -0.2) is 29.6 Å². The van der Waals surface area contributed by atoms with Crippen molar-refractivity contribution in [3.63, 3.8) is 0 Å². The third-order valence-corrected chi connectivity index (χ3v) is 3.00. The van der Waals surface area contributed by atoms with Crippen LogP contribution >= 0.6 is 0 Å². The van der Waals surface area contributed by atoms with Gasteiger partial charge in [0.25, 0.3) is 5.91 Å². The van der Waals surface area contributed by atoms with Crippen LogP contribution in [0.5, 0.6) is 5.75 Å². The lowest BCUT2D eigenvalue weighted by Crippen LogP contribution is -2.45. The number of aromatic carboxylic acids is 1. The number of carbonyl (C=O) groups excluding carboxylic acids is 1. The van der Waals surface area contributed by atoms with Crippen LogP contribution in [0.3, 0.4) is 0 Å². The number of carbonyl (C=O) groups is 2. The summed E-state index contributed by atoms with van der Waals surface area (Å²) in [5.41, 5.74) is 0.797. The highest BCUT2D eigenvalue weighted by Crippen LogP contribution is 2.35. The number of rotatable bonds is 3. The zero-order valence-electron chi connectivity index (χ0n) is 10.3. The summed E-state index contributed by atoms with van der Waals surface area (Å²) in [6, 6.07) is 4.56. The fraction of sp³-hybridized carbons (Fsp3) is 0.385. The molecule has 0 saturated carbocycles. The van der Waals surface area contributed by atoms with E-state index in [2.05, 4.69) is 0 Å². The van der Waals surface area contributed by atoms with Gasteiger partial charge in [-0.25, -0.2) is 4.79 Å². The highest BCUT2D eigenvalue weighted by molar-refractivity contribution is 6.01. The van der Waals surface area contributed by atoms with Crippen LogP contribution in [-0.2, 0) is 4.79 Å². The Labute approximate surface area is 105 Å². The topological polar surface area (TPSA) is 66.8 Å². The summed E-state index contributed by atoms with van der Waals surface area (Å²) in [5.74, 6) is -0.617. The summed E-state index contributed by atoms with van der Waals surface area (Å²) >= 11 is 0. The number of anilines is 1. The number of fused-ring (bicyclic) bond motifs is 1. The standard InChI is InChI=1S/C13H15NO4/c1-3-10-12(15)14(4-2)9-6-5-8(13(16)17)7-11(9)18-10/h5-7,10H,3-4H2,1-2H3,(H,16,17)/t10-/m1/s1. The molecule has 0 aromatic heterocycles. The second-order valence-electron chi connectivity index (χ2n) is 4.08. The minimum atomic E-state index is -1.01. The van der Waals surface area contributed by atoms with Crippen molar-refractivity contribution in [1.82, 2.24) is 0 Å². The van der Waals surface area contributed by atoms with Crippen molar-refractivity contribution in [3.8, 4) is 5.75 Å². The quantitative estimate of drug-likeness (QED) is 0.888. The summed E-state index contributed by atoms with van der Waals surface area (Å²) in [6.45, 7) is 4.28. The van der Waals surface area contributed by atoms with E-state index in [9.17, 15) is 9.59 Å². The van der Waals surface area contributed by atoms with Crippen molar-refractivity contribution < 1.29 is 19.4 Å². The summed E-state index contributed by atoms with van der Waals surface area (Å²) in [4.78, 5) is 24.6. The molecule has 1 N–H and O–H groups in total. The Kier molecular flexibility index (Phi) is 3.23. The van der Waals surface area contributed by atoms with Crippen LogP contribution < -0.4 is 9.64 Å². The highest BCUT2D eigenvalue weighted by atomic mass is 16.5. The predicted octanol–water partition coefficient (Wildman–Crippen LogP) is 1.91. The maximum atomic E-state index is 12.1. The molecule has 18 heavy (non-hydrogen) atoms. The van der Waals surface area contributed by atoms with E-state index < -0.39 is 12.1 Å². The molecule has 0 bridgehead atoms. The fourth-order valence-corrected chi connectivity index (χ4v) is 2.04. The average molecular weight is 249 g/mol. The van der Waals surface area contributed by atoms with Crippen molar-refractivity contribution in [3.05, 3.63) is 23.8 Å². The molecule has 0 spiro atoms. The Morgan fingerprint density at radius 2 is 2.17 bits per heavy atom. The summed E-state index contributed by atoms with van der Waals surface area (Å²) in [6.07, 6.45) is 0.0352. The van der Waals surface area contributed by atoms with Crippen LogP contribution in [0.15, 0.2) is 18.2 Å². The van der Waals surface area contributed by atoms with Crippen LogP contribution in [0.25, 0.3) is 0 Å². The Hall–Kier alpha value is -2.04. The van der Waals surface area contributed by atoms with Gasteiger partial charge < -0.3 is 14.7 Å². The van der Waals surface area contributed by atoms with E-state index in [1.165, 1.54) is 12.1 Å². The molecule has 1 atom stereocenters. The minimum Gasteiger partial charge on any atom is -0.478 e. The number of amides is 1. The molecule has 0 fully saturated rings. The third-order valence-electron chi connectivity index (χ3n) is 3.00. The Morgan fingerprint density at radius 1 is 1.44 bits per heavy atom. The lowest BCUT2D eigenvalue weighted by atomic mass is 10.1. The summed E-state index contributed by atoms with van der Waals surface area (Å²) in [5, 5.41) is 8.95. The fourth-order valence-electron chi connectivity index (χ4n) is 2.04. The number of nitrogens with zero attached hydrogens (tertiary/aromatic N) is 1. The van der Waals surface area contributed by atoms with E-state index in [0.29, 0.717) is 24.4 Å². The Morgan fingerprint density at radius 3 is 2.72 bits per heavy atom. The average Bonchev–Trinajstić information content (AvgIpc) is 2.37. The van der Waals surface area contributed by atoms with Crippen LogP contribution in [0.2, 0.25) is 0 Å². The van der Waals surface area contributed by atoms with Gasteiger partial charge in [-0.1, -0.05) is 6.92 Å². The predicted molar refractivity (Wildman–Crippen MR) is 66.1 cm³/mol. The first-order valence-corrected chi connectivity index (χ1v) is 5.93. The molecule has 1 amide bonds. The van der Waals surface area contributed by atoms with Gasteiger partial charge in [0.1, 0.15) is 5.75 Å². The Balaban J connectivity index is 2.47. The number of likely N-dealkylation sites (N-methyl/N-ethyl adjacent to an activating group) is 1. The molecule has 2 rings (SSSR count). The minimum absolute atomic E-state index is 0.0735. The molecule has 1 aliphatic rings. The number of benzene rings is 1. The molecule has 5 heteroatoms. The van der Waals surface area contributed by atoms with Gasteiger partial charge in [0, 0.05) is 6.54 Å². The molecule has 96 valence electrons. The van der Waals surface area contributed by atoms with E-state index >= 15 is 0 Å². The number of ether oxygens (including phenoxy) is 1. The van der Waals surface area contributed by atoms with Crippen molar-refractivity contribution in [2.24, 2.45) is 0 Å². The zero-order valence-corrected chi connectivity index (χ0v) is 10.3. The van der Waals surface area contributed by atoms with Crippen molar-refractivity contribution >= 4 is 17.6 Å². The van der Waals surface area contributed by atoms with Gasteiger partial charge >= 0.3 is 5.97 Å². The smallest absolute Gasteiger partial charge is 0.335 e. The molecule has 0 saturated heterocycles. The molecule has 0 unspecified atom stereocenters. The van der Waals surface area contributed by atoms with E-state index in [1.807, 2.05) is 13.8 Å². The van der Waals surface area contributed by atoms with Gasteiger partial charge in [-0.15, -0.1) is 0 Å². The third kappa shape index (κ3) is 1.92. The van der Waals surface area contributed by atoms with Gasteiger partial charge in [-0.05, 0) is 31.5 Å². The summed E-state index contributed by atoms with van der Waals surface area (Å²) in [7, 11) is 0. The van der Waals surface area contributed by atoms with Crippen molar-refractivity contribution in [2.45, 2.75) is 26.4 Å². The van der Waals surface area contributed by atoms with E-state index in [4.69, 9.17) is 9.84 Å². The van der Waals surface area contributed by atoms with Gasteiger partial charge in [-0.3, -0.25) is 4.79 Å². The maximum Gasteiger partial charge on any atom is 0.335 e. The van der Waals surface area contributed by atoms with Crippen LogP contribution in [0, 0.1) is 0 Å². The van der Waals surface area contributed by atoms with Gasteiger partial charge in [0.2, 0.25) is 0 Å². The number of carboxylic acids is 1. The number of hydrogen-bond acceptors (Lipinski definition) is 3. The molecule has 1 aromatic carbocycles. The Bertz CT molecular complexity index is 498. The molecule has 5 nitrogen and oxygen atoms in total. The molecular weight excluding hydrogens is 234 g/mol. The monoisotopic (exact) mass is 249 g/mol. The van der Waals surface area contributed by atoms with Gasteiger partial charge in [0.05, 0.1) is 11.3 Å². The molecule has 1 aliphatic heterocycles. The van der Waals surface area contributed by atoms with E-state index in [-0.39, 0.29) is 11.5 Å². The normalized spacial score (nSPS) is 18.2. The molecule has 0 radical (unpaired) electrons. The van der Waals surface area contributed by atoms with Crippen molar-refractivity contribution in [1.29, 1.82) is 0 Å². The van der Waals surface area contributed by atoms with Gasteiger partial charge in [0.15, 0.2) is 6.10 Å². The second-order valence-corrected chi connectivity index (χ2v) is 4.08. The van der Waals surface area contributed by atoms with E-state index in [1.54, 1.807) is 11.0 Å². The lowest BCUT2D eigenvalue weighted by Gasteiger charge is -2.33. The SMILES string of the molecule is CC[C@H]1Oc2cc(C(=O)O)ccc2N(CC)C1=O. The largest absolute Gasteiger partial charge is 0.478 e. The summed E-state index contributed by atoms with van der Waals surface area (Å²) < 4.78 is 5.56. The van der Waals surface area contributed by atoms with Gasteiger partial charge in [-0.2, -0.15) is 0 Å². The van der Waals surface area contributed by atoms with Crippen LogP contribution in [0.1, 0.15) is 30.6 Å². The lowest BCUT2D eigenvalue weighted by molar-refractivity contribution is -0.126. The number of hydrogen-bond donors (Lipinski definition) is 1. The molecule has 0 aliphatic carbocycles. The molecule has 1 heterocycles. The van der Waals surface area contributed by atoms with E-state index in [0.717, 1.165) is 0 Å². The number of carboxylic acid groups (broad SMARTS) is 1. The first-order valence-electron chi connectivity index (χ1n) is 5.93. The molecular formula is C13H15NO4. The first-order chi connectivity index (χ1) is 8.58. The zero-order chi connectivity index (χ0) is 13.3. The van der Waals surface area contributed by atoms with Crippen LogP contribution in [0.4, 0.5) is 5.69 Å². The maximum absolute atomic E-state index is 12.1.